The number of rotatable bonds is 2. The van der Waals surface area contributed by atoms with Gasteiger partial charge in [0.15, 0.2) is 5.82 Å². The second kappa shape index (κ2) is 3.98. The van der Waals surface area contributed by atoms with Crippen molar-refractivity contribution >= 4 is 11.6 Å². The van der Waals surface area contributed by atoms with Crippen molar-refractivity contribution in [1.29, 1.82) is 0 Å². The van der Waals surface area contributed by atoms with Crippen molar-refractivity contribution in [2.45, 2.75) is 12.8 Å². The van der Waals surface area contributed by atoms with Crippen molar-refractivity contribution < 1.29 is 8.91 Å². The molecule has 2 aromatic rings. The van der Waals surface area contributed by atoms with Gasteiger partial charge in [0, 0.05) is 5.56 Å². The van der Waals surface area contributed by atoms with Gasteiger partial charge in [0.2, 0.25) is 0 Å². The molecule has 78 valence electrons. The summed E-state index contributed by atoms with van der Waals surface area (Å²) in [5.74, 6) is 0.563. The van der Waals surface area contributed by atoms with E-state index in [-0.39, 0.29) is 17.6 Å². The molecule has 0 aliphatic heterocycles. The highest BCUT2D eigenvalue weighted by Crippen LogP contribution is 2.20. The lowest BCUT2D eigenvalue weighted by Crippen LogP contribution is -1.85. The van der Waals surface area contributed by atoms with Crippen LogP contribution < -0.4 is 0 Å². The standard InChI is InChI=1S/C10H8ClFN2O/c1-6-2-3-7(4-8(6)12)10-13-9(5-11)14-15-10/h2-4H,5H2,1H3. The Hall–Kier alpha value is -1.42. The third-order valence-electron chi connectivity index (χ3n) is 2.01. The predicted octanol–water partition coefficient (Wildman–Crippen LogP) is 2.92. The maximum Gasteiger partial charge on any atom is 0.258 e. The summed E-state index contributed by atoms with van der Waals surface area (Å²) in [6, 6.07) is 4.75. The predicted molar refractivity (Wildman–Crippen MR) is 54.0 cm³/mol. The SMILES string of the molecule is Cc1ccc(-c2nc(CCl)no2)cc1F. The molecule has 0 amide bonds. The van der Waals surface area contributed by atoms with E-state index in [4.69, 9.17) is 16.1 Å². The summed E-state index contributed by atoms with van der Waals surface area (Å²) in [7, 11) is 0. The van der Waals surface area contributed by atoms with Crippen LogP contribution in [0.2, 0.25) is 0 Å². The zero-order chi connectivity index (χ0) is 10.8. The van der Waals surface area contributed by atoms with Gasteiger partial charge in [-0.05, 0) is 24.6 Å². The van der Waals surface area contributed by atoms with Crippen molar-refractivity contribution in [3.63, 3.8) is 0 Å². The lowest BCUT2D eigenvalue weighted by atomic mass is 10.1. The topological polar surface area (TPSA) is 38.9 Å². The smallest absolute Gasteiger partial charge is 0.258 e. The van der Waals surface area contributed by atoms with Gasteiger partial charge in [-0.1, -0.05) is 11.2 Å². The average Bonchev–Trinajstić information content (AvgIpc) is 2.70. The summed E-state index contributed by atoms with van der Waals surface area (Å²) in [5, 5.41) is 3.62. The lowest BCUT2D eigenvalue weighted by molar-refractivity contribution is 0.424. The summed E-state index contributed by atoms with van der Waals surface area (Å²) in [6.07, 6.45) is 0. The number of aryl methyl sites for hydroxylation is 1. The van der Waals surface area contributed by atoms with E-state index in [1.54, 1.807) is 19.1 Å². The van der Waals surface area contributed by atoms with Crippen LogP contribution in [0, 0.1) is 12.7 Å². The zero-order valence-corrected chi connectivity index (χ0v) is 8.75. The van der Waals surface area contributed by atoms with Crippen LogP contribution in [0.1, 0.15) is 11.4 Å². The van der Waals surface area contributed by atoms with E-state index in [9.17, 15) is 4.39 Å². The Bertz CT molecular complexity index is 484. The summed E-state index contributed by atoms with van der Waals surface area (Å²) in [5.41, 5.74) is 1.14. The van der Waals surface area contributed by atoms with Crippen LogP contribution in [0.25, 0.3) is 11.5 Å². The zero-order valence-electron chi connectivity index (χ0n) is 8.00. The van der Waals surface area contributed by atoms with Gasteiger partial charge in [-0.2, -0.15) is 4.98 Å². The molecule has 3 nitrogen and oxygen atoms in total. The fourth-order valence-corrected chi connectivity index (χ4v) is 1.26. The Balaban J connectivity index is 2.40. The third kappa shape index (κ3) is 1.99. The van der Waals surface area contributed by atoms with Crippen LogP contribution in [0.5, 0.6) is 0 Å². The van der Waals surface area contributed by atoms with Crippen molar-refractivity contribution in [2.24, 2.45) is 0 Å². The van der Waals surface area contributed by atoms with Gasteiger partial charge in [0.05, 0.1) is 5.88 Å². The minimum atomic E-state index is -0.293. The van der Waals surface area contributed by atoms with Crippen LogP contribution in [-0.4, -0.2) is 10.1 Å². The van der Waals surface area contributed by atoms with Crippen LogP contribution in [-0.2, 0) is 5.88 Å². The monoisotopic (exact) mass is 226 g/mol. The first-order valence-corrected chi connectivity index (χ1v) is 4.89. The molecule has 0 bridgehead atoms. The number of hydrogen-bond acceptors (Lipinski definition) is 3. The Morgan fingerprint density at radius 3 is 2.87 bits per heavy atom. The van der Waals surface area contributed by atoms with Gasteiger partial charge in [-0.25, -0.2) is 4.39 Å². The number of aromatic nitrogens is 2. The molecule has 0 atom stereocenters. The van der Waals surface area contributed by atoms with E-state index in [0.29, 0.717) is 17.0 Å². The largest absolute Gasteiger partial charge is 0.334 e. The van der Waals surface area contributed by atoms with Crippen molar-refractivity contribution in [3.05, 3.63) is 35.4 Å². The van der Waals surface area contributed by atoms with Gasteiger partial charge in [0.25, 0.3) is 5.89 Å². The van der Waals surface area contributed by atoms with Crippen LogP contribution >= 0.6 is 11.6 Å². The molecule has 0 radical (unpaired) electrons. The molecule has 0 saturated heterocycles. The molecule has 1 aromatic carbocycles. The highest BCUT2D eigenvalue weighted by Gasteiger charge is 2.09. The van der Waals surface area contributed by atoms with Crippen LogP contribution in [0.15, 0.2) is 22.7 Å². The number of benzene rings is 1. The Kier molecular flexibility index (Phi) is 2.68. The molecular formula is C10H8ClFN2O. The fourth-order valence-electron chi connectivity index (χ4n) is 1.15. The normalized spacial score (nSPS) is 10.6. The molecule has 0 spiro atoms. The molecule has 0 aliphatic carbocycles. The molecule has 0 saturated carbocycles. The average molecular weight is 227 g/mol. The van der Waals surface area contributed by atoms with E-state index >= 15 is 0 Å². The van der Waals surface area contributed by atoms with Crippen molar-refractivity contribution in [1.82, 2.24) is 10.1 Å². The van der Waals surface area contributed by atoms with Gasteiger partial charge in [-0.15, -0.1) is 11.6 Å². The molecule has 1 aromatic heterocycles. The molecule has 0 N–H and O–H groups in total. The first-order valence-electron chi connectivity index (χ1n) is 4.36. The summed E-state index contributed by atoms with van der Waals surface area (Å²) >= 11 is 5.53. The van der Waals surface area contributed by atoms with Crippen molar-refractivity contribution in [2.75, 3.05) is 0 Å². The van der Waals surface area contributed by atoms with Crippen LogP contribution in [0.4, 0.5) is 4.39 Å². The van der Waals surface area contributed by atoms with E-state index in [2.05, 4.69) is 10.1 Å². The van der Waals surface area contributed by atoms with Gasteiger partial charge in [0.1, 0.15) is 5.82 Å². The molecular weight excluding hydrogens is 219 g/mol. The maximum atomic E-state index is 13.2. The van der Waals surface area contributed by atoms with E-state index in [1.165, 1.54) is 6.07 Å². The molecule has 5 heteroatoms. The quantitative estimate of drug-likeness (QED) is 0.739. The minimum Gasteiger partial charge on any atom is -0.334 e. The van der Waals surface area contributed by atoms with Crippen LogP contribution in [0.3, 0.4) is 0 Å². The van der Waals surface area contributed by atoms with E-state index in [1.807, 2.05) is 0 Å². The first-order chi connectivity index (χ1) is 7.20. The molecule has 2 rings (SSSR count). The highest BCUT2D eigenvalue weighted by atomic mass is 35.5. The maximum absolute atomic E-state index is 13.2. The third-order valence-corrected chi connectivity index (χ3v) is 2.25. The number of alkyl halides is 1. The van der Waals surface area contributed by atoms with Gasteiger partial charge in [-0.3, -0.25) is 0 Å². The first kappa shape index (κ1) is 10.1. The summed E-state index contributed by atoms with van der Waals surface area (Å²) < 4.78 is 18.2. The van der Waals surface area contributed by atoms with E-state index in [0.717, 1.165) is 0 Å². The molecule has 15 heavy (non-hydrogen) atoms. The Morgan fingerprint density at radius 1 is 1.47 bits per heavy atom. The molecule has 0 aliphatic rings. The molecule has 1 heterocycles. The summed E-state index contributed by atoms with van der Waals surface area (Å²) in [4.78, 5) is 3.99. The Morgan fingerprint density at radius 2 is 2.27 bits per heavy atom. The van der Waals surface area contributed by atoms with E-state index < -0.39 is 0 Å². The molecule has 0 fully saturated rings. The lowest BCUT2D eigenvalue weighted by Gasteiger charge is -1.97. The summed E-state index contributed by atoms with van der Waals surface area (Å²) in [6.45, 7) is 1.69. The number of hydrogen-bond donors (Lipinski definition) is 0. The number of halogens is 2. The second-order valence-corrected chi connectivity index (χ2v) is 3.38. The molecule has 0 unspecified atom stereocenters. The fraction of sp³-hybridized carbons (Fsp3) is 0.200. The second-order valence-electron chi connectivity index (χ2n) is 3.11. The van der Waals surface area contributed by atoms with Gasteiger partial charge >= 0.3 is 0 Å². The highest BCUT2D eigenvalue weighted by molar-refractivity contribution is 6.16. The minimum absolute atomic E-state index is 0.178. The van der Waals surface area contributed by atoms with Crippen molar-refractivity contribution in [3.8, 4) is 11.5 Å². The Labute approximate surface area is 90.9 Å². The van der Waals surface area contributed by atoms with Gasteiger partial charge < -0.3 is 4.52 Å². The number of nitrogens with zero attached hydrogens (tertiary/aromatic N) is 2.